The van der Waals surface area contributed by atoms with Gasteiger partial charge in [-0.25, -0.2) is 0 Å². The zero-order valence-corrected chi connectivity index (χ0v) is 11.9. The molecule has 0 amide bonds. The van der Waals surface area contributed by atoms with E-state index in [1.165, 1.54) is 0 Å². The Morgan fingerprint density at radius 3 is 2.42 bits per heavy atom. The van der Waals surface area contributed by atoms with Gasteiger partial charge in [-0.2, -0.15) is 13.2 Å². The van der Waals surface area contributed by atoms with Crippen LogP contribution in [0, 0.1) is 5.92 Å². The quantitative estimate of drug-likeness (QED) is 0.867. The first kappa shape index (κ1) is 14.8. The van der Waals surface area contributed by atoms with E-state index in [2.05, 4.69) is 21.2 Å². The Labute approximate surface area is 118 Å². The minimum absolute atomic E-state index is 0.233. The number of nitrogens with one attached hydrogen (secondary N) is 1. The van der Waals surface area contributed by atoms with Crippen molar-refractivity contribution in [3.63, 3.8) is 0 Å². The summed E-state index contributed by atoms with van der Waals surface area (Å²) in [4.78, 5) is 0. The van der Waals surface area contributed by atoms with Crippen molar-refractivity contribution in [3.05, 3.63) is 33.8 Å². The molecule has 1 aliphatic rings. The highest BCUT2D eigenvalue weighted by atomic mass is 79.9. The molecule has 1 saturated heterocycles. The molecule has 1 heterocycles. The lowest BCUT2D eigenvalue weighted by molar-refractivity contribution is -0.137. The lowest BCUT2D eigenvalue weighted by Crippen LogP contribution is -2.33. The van der Waals surface area contributed by atoms with Gasteiger partial charge in [0, 0.05) is 10.5 Å². The second-order valence-electron chi connectivity index (χ2n) is 4.88. The van der Waals surface area contributed by atoms with Gasteiger partial charge < -0.3 is 11.1 Å². The van der Waals surface area contributed by atoms with Crippen LogP contribution in [0.2, 0.25) is 0 Å². The molecule has 1 fully saturated rings. The maximum Gasteiger partial charge on any atom is 0.416 e. The molecular formula is C13H16BrF3N2. The summed E-state index contributed by atoms with van der Waals surface area (Å²) in [5.41, 5.74) is 6.03. The van der Waals surface area contributed by atoms with Crippen molar-refractivity contribution >= 4 is 15.9 Å². The molecule has 3 N–H and O–H groups in total. The number of benzene rings is 1. The molecule has 0 radical (unpaired) electrons. The average molecular weight is 337 g/mol. The summed E-state index contributed by atoms with van der Waals surface area (Å²) in [6.45, 7) is 1.75. The largest absolute Gasteiger partial charge is 0.416 e. The highest BCUT2D eigenvalue weighted by Gasteiger charge is 2.32. The van der Waals surface area contributed by atoms with E-state index in [-0.39, 0.29) is 12.0 Å². The summed E-state index contributed by atoms with van der Waals surface area (Å²) in [6, 6.07) is 3.58. The fourth-order valence-corrected chi connectivity index (χ4v) is 2.95. The number of halogens is 4. The first-order chi connectivity index (χ1) is 8.88. The van der Waals surface area contributed by atoms with Crippen molar-refractivity contribution in [1.29, 1.82) is 0 Å². The zero-order valence-electron chi connectivity index (χ0n) is 10.3. The molecule has 0 bridgehead atoms. The van der Waals surface area contributed by atoms with E-state index in [9.17, 15) is 13.2 Å². The Morgan fingerprint density at radius 2 is 1.84 bits per heavy atom. The van der Waals surface area contributed by atoms with E-state index in [0.717, 1.165) is 38.1 Å². The maximum atomic E-state index is 12.8. The molecule has 1 aromatic rings. The Morgan fingerprint density at radius 1 is 1.21 bits per heavy atom. The van der Waals surface area contributed by atoms with Crippen LogP contribution in [0.25, 0.3) is 0 Å². The zero-order chi connectivity index (χ0) is 14.0. The molecule has 19 heavy (non-hydrogen) atoms. The summed E-state index contributed by atoms with van der Waals surface area (Å²) in [7, 11) is 0. The summed E-state index contributed by atoms with van der Waals surface area (Å²) in [6.07, 6.45) is -2.55. The lowest BCUT2D eigenvalue weighted by Gasteiger charge is -2.28. The van der Waals surface area contributed by atoms with Gasteiger partial charge in [-0.15, -0.1) is 0 Å². The smallest absolute Gasteiger partial charge is 0.324 e. The Hall–Kier alpha value is -0.590. The van der Waals surface area contributed by atoms with Crippen LogP contribution in [0.3, 0.4) is 0 Å². The fraction of sp³-hybridized carbons (Fsp3) is 0.538. The van der Waals surface area contributed by atoms with Gasteiger partial charge in [0.1, 0.15) is 0 Å². The maximum absolute atomic E-state index is 12.8. The second-order valence-corrected chi connectivity index (χ2v) is 5.80. The Balaban J connectivity index is 2.26. The van der Waals surface area contributed by atoms with Gasteiger partial charge in [0.05, 0.1) is 5.56 Å². The average Bonchev–Trinajstić information content (AvgIpc) is 2.37. The molecule has 1 aliphatic heterocycles. The standard InChI is InChI=1S/C13H16BrF3N2/c14-11-6-9(5-10(7-11)13(15,16)17)12(18)8-1-3-19-4-2-8/h5-8,12,19H,1-4,18H2/t12-/m1/s1. The van der Waals surface area contributed by atoms with Crippen LogP contribution in [0.5, 0.6) is 0 Å². The number of piperidine rings is 1. The van der Waals surface area contributed by atoms with Gasteiger partial charge in [-0.3, -0.25) is 0 Å². The van der Waals surface area contributed by atoms with Crippen LogP contribution in [-0.4, -0.2) is 13.1 Å². The highest BCUT2D eigenvalue weighted by molar-refractivity contribution is 9.10. The van der Waals surface area contributed by atoms with Crippen molar-refractivity contribution in [2.24, 2.45) is 11.7 Å². The van der Waals surface area contributed by atoms with Crippen molar-refractivity contribution in [1.82, 2.24) is 5.32 Å². The molecule has 0 unspecified atom stereocenters. The van der Waals surface area contributed by atoms with E-state index in [1.54, 1.807) is 6.07 Å². The van der Waals surface area contributed by atoms with Crippen LogP contribution in [0.1, 0.15) is 30.0 Å². The minimum atomic E-state index is -4.34. The molecular weight excluding hydrogens is 321 g/mol. The molecule has 0 spiro atoms. The lowest BCUT2D eigenvalue weighted by atomic mass is 9.86. The molecule has 1 atom stereocenters. The fourth-order valence-electron chi connectivity index (χ4n) is 2.44. The van der Waals surface area contributed by atoms with Gasteiger partial charge in [0.25, 0.3) is 0 Å². The van der Waals surface area contributed by atoms with Gasteiger partial charge in [-0.05, 0) is 55.6 Å². The van der Waals surface area contributed by atoms with E-state index < -0.39 is 11.7 Å². The number of rotatable bonds is 2. The molecule has 1 aromatic carbocycles. The number of alkyl halides is 3. The predicted octanol–water partition coefficient (Wildman–Crippen LogP) is 3.47. The highest BCUT2D eigenvalue weighted by Crippen LogP contribution is 2.35. The first-order valence-electron chi connectivity index (χ1n) is 6.22. The number of nitrogens with two attached hydrogens (primary N) is 1. The van der Waals surface area contributed by atoms with Crippen molar-refractivity contribution < 1.29 is 13.2 Å². The molecule has 2 nitrogen and oxygen atoms in total. The summed E-state index contributed by atoms with van der Waals surface area (Å²) in [5.74, 6) is 0.233. The topological polar surface area (TPSA) is 38.0 Å². The minimum Gasteiger partial charge on any atom is -0.324 e. The van der Waals surface area contributed by atoms with Gasteiger partial charge in [0.2, 0.25) is 0 Å². The van der Waals surface area contributed by atoms with Gasteiger partial charge in [-0.1, -0.05) is 15.9 Å². The Kier molecular flexibility index (Phi) is 4.53. The first-order valence-corrected chi connectivity index (χ1v) is 7.01. The third-order valence-corrected chi connectivity index (χ3v) is 3.98. The Bertz CT molecular complexity index is 442. The molecule has 6 heteroatoms. The summed E-state index contributed by atoms with van der Waals surface area (Å²) < 4.78 is 38.8. The van der Waals surface area contributed by atoms with Crippen LogP contribution >= 0.6 is 15.9 Å². The van der Waals surface area contributed by atoms with Gasteiger partial charge in [0.15, 0.2) is 0 Å². The van der Waals surface area contributed by atoms with E-state index in [0.29, 0.717) is 10.0 Å². The molecule has 0 saturated carbocycles. The van der Waals surface area contributed by atoms with Crippen LogP contribution in [-0.2, 0) is 6.18 Å². The van der Waals surface area contributed by atoms with Crippen LogP contribution in [0.4, 0.5) is 13.2 Å². The molecule has 2 rings (SSSR count). The van der Waals surface area contributed by atoms with E-state index >= 15 is 0 Å². The van der Waals surface area contributed by atoms with Crippen LogP contribution < -0.4 is 11.1 Å². The van der Waals surface area contributed by atoms with Crippen molar-refractivity contribution in [2.75, 3.05) is 13.1 Å². The number of hydrogen-bond donors (Lipinski definition) is 2. The number of hydrogen-bond acceptors (Lipinski definition) is 2. The summed E-state index contributed by atoms with van der Waals surface area (Å²) >= 11 is 3.13. The summed E-state index contributed by atoms with van der Waals surface area (Å²) in [5, 5.41) is 3.22. The molecule has 106 valence electrons. The van der Waals surface area contributed by atoms with Crippen molar-refractivity contribution in [3.8, 4) is 0 Å². The third-order valence-electron chi connectivity index (χ3n) is 3.52. The molecule has 0 aliphatic carbocycles. The third kappa shape index (κ3) is 3.70. The predicted molar refractivity (Wildman–Crippen MR) is 71.7 cm³/mol. The van der Waals surface area contributed by atoms with Gasteiger partial charge >= 0.3 is 6.18 Å². The normalized spacial score (nSPS) is 19.4. The monoisotopic (exact) mass is 336 g/mol. The SMILES string of the molecule is N[C@@H](c1cc(Br)cc(C(F)(F)F)c1)C1CCNCC1. The van der Waals surface area contributed by atoms with E-state index in [4.69, 9.17) is 5.73 Å². The van der Waals surface area contributed by atoms with Crippen LogP contribution in [0.15, 0.2) is 22.7 Å². The second kappa shape index (κ2) is 5.81. The molecule has 0 aromatic heterocycles. The van der Waals surface area contributed by atoms with Crippen molar-refractivity contribution in [2.45, 2.75) is 25.1 Å². The van der Waals surface area contributed by atoms with E-state index in [1.807, 2.05) is 0 Å².